The van der Waals surface area contributed by atoms with Crippen molar-refractivity contribution in [2.45, 2.75) is 12.7 Å². The molecule has 20 heavy (non-hydrogen) atoms. The number of alkyl halides is 3. The Kier molecular flexibility index (Phi) is 4.61. The molecule has 0 saturated carbocycles. The van der Waals surface area contributed by atoms with E-state index in [4.69, 9.17) is 9.26 Å². The van der Waals surface area contributed by atoms with Gasteiger partial charge >= 0.3 is 6.18 Å². The van der Waals surface area contributed by atoms with Gasteiger partial charge in [0.05, 0.1) is 19.8 Å². The number of aromatic nitrogens is 1. The van der Waals surface area contributed by atoms with Crippen LogP contribution in [0.5, 0.6) is 0 Å². The van der Waals surface area contributed by atoms with E-state index < -0.39 is 18.6 Å². The van der Waals surface area contributed by atoms with Crippen molar-refractivity contribution in [3.05, 3.63) is 17.5 Å². The molecule has 0 radical (unpaired) electrons. The van der Waals surface area contributed by atoms with Crippen LogP contribution in [0.4, 0.5) is 13.2 Å². The number of amides is 1. The largest absolute Gasteiger partial charge is 0.405 e. The highest BCUT2D eigenvalue weighted by Crippen LogP contribution is 2.13. The van der Waals surface area contributed by atoms with Gasteiger partial charge in [-0.1, -0.05) is 5.16 Å². The summed E-state index contributed by atoms with van der Waals surface area (Å²) in [6.07, 6.45) is -4.45. The molecule has 1 aliphatic heterocycles. The summed E-state index contributed by atoms with van der Waals surface area (Å²) < 4.78 is 46.0. The monoisotopic (exact) mass is 293 g/mol. The van der Waals surface area contributed by atoms with Gasteiger partial charge in [-0.25, -0.2) is 0 Å². The minimum Gasteiger partial charge on any atom is -0.379 e. The standard InChI is InChI=1S/C11H14F3N3O3/c12-11(13,14)7-15-10(18)9-5-8(20-16-9)6-17-1-3-19-4-2-17/h5H,1-4,6-7H2,(H,15,18). The zero-order valence-electron chi connectivity index (χ0n) is 10.6. The van der Waals surface area contributed by atoms with Crippen LogP contribution in [-0.2, 0) is 11.3 Å². The number of hydrogen-bond donors (Lipinski definition) is 1. The number of nitrogens with one attached hydrogen (secondary N) is 1. The second-order valence-electron chi connectivity index (χ2n) is 4.36. The van der Waals surface area contributed by atoms with Gasteiger partial charge < -0.3 is 14.6 Å². The maximum atomic E-state index is 12.0. The highest BCUT2D eigenvalue weighted by atomic mass is 19.4. The first-order valence-corrected chi connectivity index (χ1v) is 6.05. The van der Waals surface area contributed by atoms with Crippen molar-refractivity contribution in [1.29, 1.82) is 0 Å². The molecule has 1 aliphatic rings. The molecule has 1 amide bonds. The van der Waals surface area contributed by atoms with Crippen LogP contribution < -0.4 is 5.32 Å². The Morgan fingerprint density at radius 3 is 2.75 bits per heavy atom. The summed E-state index contributed by atoms with van der Waals surface area (Å²) in [7, 11) is 0. The molecule has 2 heterocycles. The third-order valence-corrected chi connectivity index (χ3v) is 2.72. The molecule has 0 unspecified atom stereocenters. The quantitative estimate of drug-likeness (QED) is 0.889. The second-order valence-corrected chi connectivity index (χ2v) is 4.36. The Labute approximate surface area is 112 Å². The molecule has 0 aromatic carbocycles. The maximum Gasteiger partial charge on any atom is 0.405 e. The van der Waals surface area contributed by atoms with E-state index in [0.717, 1.165) is 13.1 Å². The fraction of sp³-hybridized carbons (Fsp3) is 0.636. The van der Waals surface area contributed by atoms with Gasteiger partial charge in [-0.2, -0.15) is 13.2 Å². The van der Waals surface area contributed by atoms with E-state index in [0.29, 0.717) is 25.5 Å². The highest BCUT2D eigenvalue weighted by Gasteiger charge is 2.28. The second kappa shape index (κ2) is 6.23. The zero-order valence-corrected chi connectivity index (χ0v) is 10.6. The fourth-order valence-electron chi connectivity index (χ4n) is 1.75. The number of nitrogens with zero attached hydrogens (tertiary/aromatic N) is 2. The third-order valence-electron chi connectivity index (χ3n) is 2.72. The van der Waals surface area contributed by atoms with E-state index >= 15 is 0 Å². The Balaban J connectivity index is 1.86. The van der Waals surface area contributed by atoms with Crippen LogP contribution in [0.3, 0.4) is 0 Å². The van der Waals surface area contributed by atoms with Crippen molar-refractivity contribution < 1.29 is 27.2 Å². The average molecular weight is 293 g/mol. The van der Waals surface area contributed by atoms with Crippen molar-refractivity contribution >= 4 is 5.91 Å². The van der Waals surface area contributed by atoms with Crippen molar-refractivity contribution in [3.8, 4) is 0 Å². The summed E-state index contributed by atoms with van der Waals surface area (Å²) >= 11 is 0. The Morgan fingerprint density at radius 1 is 1.40 bits per heavy atom. The van der Waals surface area contributed by atoms with Crippen LogP contribution in [0.15, 0.2) is 10.6 Å². The number of rotatable bonds is 4. The Morgan fingerprint density at radius 2 is 2.10 bits per heavy atom. The van der Waals surface area contributed by atoms with Crippen molar-refractivity contribution in [3.63, 3.8) is 0 Å². The first kappa shape index (κ1) is 14.8. The summed E-state index contributed by atoms with van der Waals surface area (Å²) in [6, 6.07) is 1.35. The lowest BCUT2D eigenvalue weighted by Gasteiger charge is -2.25. The molecule has 2 rings (SSSR count). The maximum absolute atomic E-state index is 12.0. The van der Waals surface area contributed by atoms with E-state index in [-0.39, 0.29) is 5.69 Å². The Hall–Kier alpha value is -1.61. The normalized spacial score (nSPS) is 17.1. The number of halogens is 3. The fourth-order valence-corrected chi connectivity index (χ4v) is 1.75. The van der Waals surface area contributed by atoms with Gasteiger partial charge in [0, 0.05) is 19.2 Å². The molecule has 0 spiro atoms. The SMILES string of the molecule is O=C(NCC(F)(F)F)c1cc(CN2CCOCC2)on1. The lowest BCUT2D eigenvalue weighted by Crippen LogP contribution is -2.35. The van der Waals surface area contributed by atoms with Crippen molar-refractivity contribution in [2.75, 3.05) is 32.8 Å². The summed E-state index contributed by atoms with van der Waals surface area (Å²) in [4.78, 5) is 13.5. The summed E-state index contributed by atoms with van der Waals surface area (Å²) in [5.74, 6) is -0.469. The average Bonchev–Trinajstić information content (AvgIpc) is 2.85. The third kappa shape index (κ3) is 4.49. The molecule has 112 valence electrons. The minimum absolute atomic E-state index is 0.155. The predicted molar refractivity (Wildman–Crippen MR) is 61.0 cm³/mol. The van der Waals surface area contributed by atoms with Crippen LogP contribution in [0.25, 0.3) is 0 Å². The van der Waals surface area contributed by atoms with Gasteiger partial charge in [0.25, 0.3) is 5.91 Å². The lowest BCUT2D eigenvalue weighted by atomic mass is 10.3. The molecule has 6 nitrogen and oxygen atoms in total. The summed E-state index contributed by atoms with van der Waals surface area (Å²) in [5, 5.41) is 5.21. The van der Waals surface area contributed by atoms with Gasteiger partial charge in [-0.15, -0.1) is 0 Å². The van der Waals surface area contributed by atoms with Gasteiger partial charge in [-0.05, 0) is 0 Å². The number of ether oxygens (including phenoxy) is 1. The topological polar surface area (TPSA) is 67.6 Å². The molecular formula is C11H14F3N3O3. The molecule has 1 saturated heterocycles. The molecule has 0 bridgehead atoms. The van der Waals surface area contributed by atoms with Crippen LogP contribution in [0, 0.1) is 0 Å². The molecule has 1 N–H and O–H groups in total. The van der Waals surface area contributed by atoms with Crippen LogP contribution in [-0.4, -0.2) is 55.0 Å². The number of carbonyl (C=O) groups excluding carboxylic acids is 1. The van der Waals surface area contributed by atoms with Crippen LogP contribution >= 0.6 is 0 Å². The first-order valence-electron chi connectivity index (χ1n) is 6.05. The van der Waals surface area contributed by atoms with Gasteiger partial charge in [0.1, 0.15) is 6.54 Å². The first-order chi connectivity index (χ1) is 9.44. The van der Waals surface area contributed by atoms with Crippen LogP contribution in [0.2, 0.25) is 0 Å². The minimum atomic E-state index is -4.45. The van der Waals surface area contributed by atoms with E-state index in [2.05, 4.69) is 5.16 Å². The molecule has 0 atom stereocenters. The van der Waals surface area contributed by atoms with E-state index in [9.17, 15) is 18.0 Å². The highest BCUT2D eigenvalue weighted by molar-refractivity contribution is 5.92. The van der Waals surface area contributed by atoms with Crippen LogP contribution in [0.1, 0.15) is 16.2 Å². The van der Waals surface area contributed by atoms with Crippen molar-refractivity contribution in [1.82, 2.24) is 15.4 Å². The molecule has 1 aromatic rings. The lowest BCUT2D eigenvalue weighted by molar-refractivity contribution is -0.123. The smallest absolute Gasteiger partial charge is 0.379 e. The van der Waals surface area contributed by atoms with Crippen molar-refractivity contribution in [2.24, 2.45) is 0 Å². The summed E-state index contributed by atoms with van der Waals surface area (Å²) in [5.41, 5.74) is -0.155. The predicted octanol–water partition coefficient (Wildman–Crippen LogP) is 0.799. The molecule has 9 heteroatoms. The molecule has 0 aliphatic carbocycles. The number of carbonyl (C=O) groups is 1. The Bertz CT molecular complexity index is 455. The van der Waals surface area contributed by atoms with Gasteiger partial charge in [0.15, 0.2) is 11.5 Å². The molecule has 1 aromatic heterocycles. The van der Waals surface area contributed by atoms with Gasteiger partial charge in [0.2, 0.25) is 0 Å². The van der Waals surface area contributed by atoms with Gasteiger partial charge in [-0.3, -0.25) is 9.69 Å². The number of hydrogen-bond acceptors (Lipinski definition) is 5. The zero-order chi connectivity index (χ0) is 14.6. The molecule has 1 fully saturated rings. The number of morpholine rings is 1. The van der Waals surface area contributed by atoms with E-state index in [1.807, 2.05) is 4.90 Å². The van der Waals surface area contributed by atoms with E-state index in [1.165, 1.54) is 6.07 Å². The summed E-state index contributed by atoms with van der Waals surface area (Å²) in [6.45, 7) is 1.76. The van der Waals surface area contributed by atoms with E-state index in [1.54, 1.807) is 5.32 Å². The molecular weight excluding hydrogens is 279 g/mol.